The molecule has 1 aromatic carbocycles. The molecule has 0 radical (unpaired) electrons. The van der Waals surface area contributed by atoms with Gasteiger partial charge in [0.15, 0.2) is 0 Å². The lowest BCUT2D eigenvalue weighted by Gasteiger charge is -2.13. The van der Waals surface area contributed by atoms with Crippen LogP contribution in [0.25, 0.3) is 5.69 Å². The number of aromatic nitrogens is 2. The fourth-order valence-corrected chi connectivity index (χ4v) is 1.74. The largest absolute Gasteiger partial charge is 0.419 e. The molecule has 0 saturated carbocycles. The maximum Gasteiger partial charge on any atom is 0.419 e. The van der Waals surface area contributed by atoms with Crippen molar-refractivity contribution in [3.8, 4) is 5.69 Å². The Bertz CT molecular complexity index is 587. The van der Waals surface area contributed by atoms with Gasteiger partial charge in [-0.25, -0.2) is 9.37 Å². The van der Waals surface area contributed by atoms with E-state index in [0.29, 0.717) is 5.69 Å². The Kier molecular flexibility index (Phi) is 3.32. The molecule has 1 heterocycles. The van der Waals surface area contributed by atoms with Crippen molar-refractivity contribution in [1.82, 2.24) is 9.55 Å². The molecule has 0 unspecified atom stereocenters. The average molecular weight is 273 g/mol. The molecule has 0 aliphatic heterocycles. The van der Waals surface area contributed by atoms with E-state index in [9.17, 15) is 17.6 Å². The molecule has 1 atom stereocenters. The van der Waals surface area contributed by atoms with Gasteiger partial charge in [0.05, 0.1) is 23.8 Å². The predicted molar refractivity (Wildman–Crippen MR) is 61.1 cm³/mol. The molecule has 0 aliphatic rings. The summed E-state index contributed by atoms with van der Waals surface area (Å²) in [6, 6.07) is 2.37. The van der Waals surface area contributed by atoms with Crippen molar-refractivity contribution in [2.24, 2.45) is 5.73 Å². The van der Waals surface area contributed by atoms with Crippen molar-refractivity contribution in [2.45, 2.75) is 19.1 Å². The Morgan fingerprint density at radius 1 is 1.32 bits per heavy atom. The van der Waals surface area contributed by atoms with Gasteiger partial charge in [0.2, 0.25) is 0 Å². The van der Waals surface area contributed by atoms with Gasteiger partial charge in [-0.3, -0.25) is 0 Å². The van der Waals surface area contributed by atoms with Crippen LogP contribution in [0.4, 0.5) is 17.6 Å². The molecule has 0 amide bonds. The fraction of sp³-hybridized carbons (Fsp3) is 0.250. The first-order chi connectivity index (χ1) is 8.80. The van der Waals surface area contributed by atoms with Crippen molar-refractivity contribution < 1.29 is 17.6 Å². The molecule has 0 bridgehead atoms. The zero-order chi connectivity index (χ0) is 14.2. The van der Waals surface area contributed by atoms with Gasteiger partial charge in [-0.15, -0.1) is 0 Å². The van der Waals surface area contributed by atoms with Crippen LogP contribution in [0.2, 0.25) is 0 Å². The van der Waals surface area contributed by atoms with E-state index in [1.54, 1.807) is 6.92 Å². The Labute approximate surface area is 106 Å². The normalized spacial score (nSPS) is 13.6. The highest BCUT2D eigenvalue weighted by Gasteiger charge is 2.34. The van der Waals surface area contributed by atoms with Crippen LogP contribution in [0.5, 0.6) is 0 Å². The number of benzene rings is 1. The van der Waals surface area contributed by atoms with Crippen LogP contribution in [0, 0.1) is 5.82 Å². The topological polar surface area (TPSA) is 43.8 Å². The highest BCUT2D eigenvalue weighted by molar-refractivity contribution is 5.39. The molecule has 102 valence electrons. The van der Waals surface area contributed by atoms with Gasteiger partial charge in [0, 0.05) is 11.7 Å². The van der Waals surface area contributed by atoms with E-state index in [1.165, 1.54) is 23.2 Å². The van der Waals surface area contributed by atoms with E-state index in [2.05, 4.69) is 4.98 Å². The molecule has 3 nitrogen and oxygen atoms in total. The highest BCUT2D eigenvalue weighted by Crippen LogP contribution is 2.33. The summed E-state index contributed by atoms with van der Waals surface area (Å²) in [6.07, 6.45) is -1.94. The first-order valence-electron chi connectivity index (χ1n) is 5.45. The lowest BCUT2D eigenvalue weighted by atomic mass is 10.1. The van der Waals surface area contributed by atoms with E-state index < -0.39 is 23.6 Å². The third-order valence-corrected chi connectivity index (χ3v) is 2.67. The monoisotopic (exact) mass is 273 g/mol. The van der Waals surface area contributed by atoms with Crippen LogP contribution < -0.4 is 5.73 Å². The van der Waals surface area contributed by atoms with Crippen molar-refractivity contribution >= 4 is 0 Å². The summed E-state index contributed by atoms with van der Waals surface area (Å²) in [4.78, 5) is 3.84. The number of hydrogen-bond acceptors (Lipinski definition) is 2. The second-order valence-electron chi connectivity index (χ2n) is 4.14. The third-order valence-electron chi connectivity index (χ3n) is 2.67. The molecule has 0 aliphatic carbocycles. The highest BCUT2D eigenvalue weighted by atomic mass is 19.4. The van der Waals surface area contributed by atoms with Crippen LogP contribution in [0.1, 0.15) is 24.2 Å². The van der Waals surface area contributed by atoms with Gasteiger partial charge >= 0.3 is 6.18 Å². The summed E-state index contributed by atoms with van der Waals surface area (Å²) in [6.45, 7) is 1.68. The number of hydrogen-bond donors (Lipinski definition) is 1. The van der Waals surface area contributed by atoms with Gasteiger partial charge < -0.3 is 10.3 Å². The molecule has 2 rings (SSSR count). The summed E-state index contributed by atoms with van der Waals surface area (Å²) in [5.41, 5.74) is 5.09. The molecule has 0 fully saturated rings. The number of halogens is 4. The minimum Gasteiger partial charge on any atom is -0.323 e. The van der Waals surface area contributed by atoms with Crippen molar-refractivity contribution in [1.29, 1.82) is 0 Å². The number of rotatable bonds is 2. The molecular weight excluding hydrogens is 262 g/mol. The van der Waals surface area contributed by atoms with E-state index in [-0.39, 0.29) is 5.69 Å². The smallest absolute Gasteiger partial charge is 0.323 e. The van der Waals surface area contributed by atoms with Crippen molar-refractivity contribution in [2.75, 3.05) is 0 Å². The summed E-state index contributed by atoms with van der Waals surface area (Å²) >= 11 is 0. The van der Waals surface area contributed by atoms with E-state index in [0.717, 1.165) is 12.1 Å². The van der Waals surface area contributed by atoms with Gasteiger partial charge in [0.25, 0.3) is 0 Å². The Balaban J connectivity index is 2.55. The first kappa shape index (κ1) is 13.5. The van der Waals surface area contributed by atoms with Gasteiger partial charge in [-0.2, -0.15) is 13.2 Å². The Hall–Kier alpha value is -1.89. The van der Waals surface area contributed by atoms with E-state index >= 15 is 0 Å². The SMILES string of the molecule is C[C@@H](N)c1cncn1-c1ccc(F)c(C(F)(F)F)c1. The van der Waals surface area contributed by atoms with Crippen LogP contribution in [0.15, 0.2) is 30.7 Å². The summed E-state index contributed by atoms with van der Waals surface area (Å²) < 4.78 is 52.5. The van der Waals surface area contributed by atoms with Crippen LogP contribution in [0.3, 0.4) is 0 Å². The minimum absolute atomic E-state index is 0.165. The van der Waals surface area contributed by atoms with Crippen molar-refractivity contribution in [3.05, 3.63) is 47.8 Å². The van der Waals surface area contributed by atoms with Crippen LogP contribution in [-0.4, -0.2) is 9.55 Å². The molecule has 19 heavy (non-hydrogen) atoms. The number of nitrogens with two attached hydrogens (primary N) is 1. The zero-order valence-electron chi connectivity index (χ0n) is 9.95. The number of nitrogens with zero attached hydrogens (tertiary/aromatic N) is 2. The second-order valence-corrected chi connectivity index (χ2v) is 4.14. The van der Waals surface area contributed by atoms with Gasteiger partial charge in [0.1, 0.15) is 5.82 Å². The molecule has 7 heteroatoms. The summed E-state index contributed by atoms with van der Waals surface area (Å²) in [7, 11) is 0. The molecule has 1 aromatic heterocycles. The number of imidazole rings is 1. The maximum absolute atomic E-state index is 13.2. The summed E-state index contributed by atoms with van der Waals surface area (Å²) in [5, 5.41) is 0. The van der Waals surface area contributed by atoms with Crippen molar-refractivity contribution in [3.63, 3.8) is 0 Å². The lowest BCUT2D eigenvalue weighted by Crippen LogP contribution is -2.13. The van der Waals surface area contributed by atoms with Crippen LogP contribution in [-0.2, 0) is 6.18 Å². The molecule has 2 N–H and O–H groups in total. The predicted octanol–water partition coefficient (Wildman–Crippen LogP) is 3.05. The lowest BCUT2D eigenvalue weighted by molar-refractivity contribution is -0.140. The first-order valence-corrected chi connectivity index (χ1v) is 5.45. The summed E-state index contributed by atoms with van der Waals surface area (Å²) in [5.74, 6) is -1.31. The third kappa shape index (κ3) is 2.60. The van der Waals surface area contributed by atoms with E-state index in [4.69, 9.17) is 5.73 Å². The fourth-order valence-electron chi connectivity index (χ4n) is 1.74. The average Bonchev–Trinajstić information content (AvgIpc) is 2.77. The van der Waals surface area contributed by atoms with Gasteiger partial charge in [-0.1, -0.05) is 0 Å². The zero-order valence-corrected chi connectivity index (χ0v) is 9.95. The molecular formula is C12H11F4N3. The molecule has 2 aromatic rings. The molecule has 0 saturated heterocycles. The number of alkyl halides is 3. The maximum atomic E-state index is 13.2. The Morgan fingerprint density at radius 2 is 2.00 bits per heavy atom. The van der Waals surface area contributed by atoms with Crippen LogP contribution >= 0.6 is 0 Å². The quantitative estimate of drug-likeness (QED) is 0.855. The second kappa shape index (κ2) is 4.65. The van der Waals surface area contributed by atoms with E-state index in [1.807, 2.05) is 0 Å². The minimum atomic E-state index is -4.74. The molecule has 0 spiro atoms. The Morgan fingerprint density at radius 3 is 2.58 bits per heavy atom. The standard InChI is InChI=1S/C12H11F4N3/c1-7(17)11-5-18-6-19(11)8-2-3-10(13)9(4-8)12(14,15)16/h2-7H,17H2,1H3/t7-/m1/s1. The van der Waals surface area contributed by atoms with Gasteiger partial charge in [-0.05, 0) is 25.1 Å².